The Hall–Kier alpha value is -1.63. The van der Waals surface area contributed by atoms with Crippen molar-refractivity contribution in [2.45, 2.75) is 43.5 Å². The molecule has 2 aromatic heterocycles. The lowest BCUT2D eigenvalue weighted by molar-refractivity contribution is 0.210. The number of likely N-dealkylation sites (tertiary alicyclic amines) is 1. The van der Waals surface area contributed by atoms with Crippen LogP contribution in [0.15, 0.2) is 39.9 Å². The molecule has 0 aliphatic carbocycles. The van der Waals surface area contributed by atoms with Gasteiger partial charge < -0.3 is 9.47 Å². The molecule has 0 amide bonds. The Morgan fingerprint density at radius 1 is 1.04 bits per heavy atom. The van der Waals surface area contributed by atoms with E-state index in [0.717, 1.165) is 44.2 Å². The van der Waals surface area contributed by atoms with Crippen molar-refractivity contribution in [3.63, 3.8) is 0 Å². The number of hydrogen-bond acceptors (Lipinski definition) is 5. The minimum atomic E-state index is 0.544. The minimum absolute atomic E-state index is 0.544. The number of benzene rings is 1. The molecule has 28 heavy (non-hydrogen) atoms. The van der Waals surface area contributed by atoms with E-state index >= 15 is 0 Å². The van der Waals surface area contributed by atoms with Gasteiger partial charge in [-0.1, -0.05) is 29.8 Å². The molecular weight excluding hydrogens is 384 g/mol. The van der Waals surface area contributed by atoms with Gasteiger partial charge in [0.25, 0.3) is 0 Å². The van der Waals surface area contributed by atoms with Crippen LogP contribution in [-0.4, -0.2) is 45.1 Å². The lowest BCUT2D eigenvalue weighted by Gasteiger charge is -2.31. The Balaban J connectivity index is 1.23. The van der Waals surface area contributed by atoms with Gasteiger partial charge in [-0.05, 0) is 44.8 Å². The fourth-order valence-corrected chi connectivity index (χ4v) is 6.30. The van der Waals surface area contributed by atoms with Gasteiger partial charge in [0.2, 0.25) is 0 Å². The molecule has 1 fully saturated rings. The highest BCUT2D eigenvalue weighted by Gasteiger charge is 2.28. The first-order chi connectivity index (χ1) is 13.8. The van der Waals surface area contributed by atoms with Crippen LogP contribution >= 0.6 is 23.1 Å². The molecule has 1 aromatic carbocycles. The van der Waals surface area contributed by atoms with Gasteiger partial charge >= 0.3 is 0 Å². The minimum Gasteiger partial charge on any atom is -0.310 e. The number of nitrogens with zero attached hydrogens (tertiary/aromatic N) is 4. The topological polar surface area (TPSA) is 34.0 Å². The Morgan fingerprint density at radius 2 is 1.86 bits per heavy atom. The average Bonchev–Trinajstić information content (AvgIpc) is 3.32. The van der Waals surface area contributed by atoms with Crippen LogP contribution in [0.1, 0.15) is 35.7 Å². The summed E-state index contributed by atoms with van der Waals surface area (Å²) in [5, 5.41) is 13.7. The van der Waals surface area contributed by atoms with E-state index in [1.165, 1.54) is 40.3 Å². The van der Waals surface area contributed by atoms with Gasteiger partial charge in [-0.15, -0.1) is 22.0 Å². The van der Waals surface area contributed by atoms with Crippen molar-refractivity contribution in [3.8, 4) is 11.4 Å². The first-order valence-corrected chi connectivity index (χ1v) is 12.1. The molecule has 0 radical (unpaired) electrons. The smallest absolute Gasteiger partial charge is 0.165 e. The fourth-order valence-electron chi connectivity index (χ4n) is 4.30. The third-order valence-electron chi connectivity index (χ3n) is 6.01. The third kappa shape index (κ3) is 3.65. The molecular formula is C22H26N4S2. The summed E-state index contributed by atoms with van der Waals surface area (Å²) < 4.78 is 2.40. The van der Waals surface area contributed by atoms with E-state index < -0.39 is 0 Å². The highest BCUT2D eigenvalue weighted by molar-refractivity contribution is 7.99. The van der Waals surface area contributed by atoms with E-state index in [1.54, 1.807) is 11.3 Å². The largest absolute Gasteiger partial charge is 0.310 e. The molecule has 1 saturated heterocycles. The first-order valence-electron chi connectivity index (χ1n) is 10.2. The Labute approximate surface area is 175 Å². The van der Waals surface area contributed by atoms with Crippen LogP contribution in [0.25, 0.3) is 11.4 Å². The molecule has 3 aromatic rings. The number of fused-ring (bicyclic) bond motifs is 3. The molecule has 0 unspecified atom stereocenters. The predicted molar refractivity (Wildman–Crippen MR) is 117 cm³/mol. The number of hydrogen-bond donors (Lipinski definition) is 0. The van der Waals surface area contributed by atoms with Crippen molar-refractivity contribution in [3.05, 3.63) is 52.0 Å². The summed E-state index contributed by atoms with van der Waals surface area (Å²) in [7, 11) is 0. The van der Waals surface area contributed by atoms with Crippen molar-refractivity contribution < 1.29 is 0 Å². The third-order valence-corrected chi connectivity index (χ3v) is 7.94. The van der Waals surface area contributed by atoms with Gasteiger partial charge in [-0.25, -0.2) is 0 Å². The van der Waals surface area contributed by atoms with Gasteiger partial charge in [0.05, 0.1) is 0 Å². The molecule has 146 valence electrons. The summed E-state index contributed by atoms with van der Waals surface area (Å²) in [6.07, 6.45) is 3.52. The summed E-state index contributed by atoms with van der Waals surface area (Å²) in [5.41, 5.74) is 4.06. The van der Waals surface area contributed by atoms with Crippen molar-refractivity contribution in [2.24, 2.45) is 0 Å². The number of thiophene rings is 1. The monoisotopic (exact) mass is 410 g/mol. The summed E-state index contributed by atoms with van der Waals surface area (Å²) in [5.74, 6) is 3.95. The summed E-state index contributed by atoms with van der Waals surface area (Å²) >= 11 is 3.72. The van der Waals surface area contributed by atoms with Gasteiger partial charge in [0.15, 0.2) is 5.82 Å². The number of piperidine rings is 1. The van der Waals surface area contributed by atoms with Crippen molar-refractivity contribution >= 4 is 23.1 Å². The van der Waals surface area contributed by atoms with Gasteiger partial charge in [-0.2, -0.15) is 11.3 Å². The van der Waals surface area contributed by atoms with Crippen LogP contribution < -0.4 is 0 Å². The van der Waals surface area contributed by atoms with E-state index in [9.17, 15) is 0 Å². The maximum Gasteiger partial charge on any atom is 0.165 e. The molecule has 0 spiro atoms. The summed E-state index contributed by atoms with van der Waals surface area (Å²) in [6.45, 7) is 6.66. The molecule has 4 heterocycles. The lowest BCUT2D eigenvalue weighted by atomic mass is 9.95. The van der Waals surface area contributed by atoms with E-state index in [1.807, 2.05) is 11.8 Å². The lowest BCUT2D eigenvalue weighted by Crippen LogP contribution is -2.35. The van der Waals surface area contributed by atoms with Gasteiger partial charge in [0.1, 0.15) is 5.82 Å². The zero-order chi connectivity index (χ0) is 18.9. The zero-order valence-corrected chi connectivity index (χ0v) is 17.9. The molecule has 2 aliphatic heterocycles. The highest BCUT2D eigenvalue weighted by atomic mass is 32.2. The fraction of sp³-hybridized carbons (Fsp3) is 0.455. The van der Waals surface area contributed by atoms with Crippen molar-refractivity contribution in [2.75, 3.05) is 25.4 Å². The maximum atomic E-state index is 4.66. The normalized spacial score (nSPS) is 17.9. The molecule has 0 saturated carbocycles. The average molecular weight is 411 g/mol. The Bertz CT molecular complexity index is 936. The molecule has 0 atom stereocenters. The maximum absolute atomic E-state index is 4.66. The molecule has 6 heteroatoms. The van der Waals surface area contributed by atoms with Crippen molar-refractivity contribution in [1.82, 2.24) is 19.7 Å². The molecule has 0 bridgehead atoms. The molecule has 0 N–H and O–H groups in total. The standard InChI is InChI=1S/C22H26N4S2/c1-16-2-4-17(5-3-16)6-9-25-10-7-18(8-11-25)21-23-24-22-19-14-27-15-20(19)28-13-12-26(21)22/h2-5,14-15,18H,6-13H2,1H3. The number of rotatable bonds is 4. The second-order valence-electron chi connectivity index (χ2n) is 7.88. The SMILES string of the molecule is Cc1ccc(CCN2CCC(c3nnc4n3CCSc3cscc3-4)CC2)cc1. The van der Waals surface area contributed by atoms with Crippen LogP contribution in [0.2, 0.25) is 0 Å². The van der Waals surface area contributed by atoms with Crippen LogP contribution in [0.4, 0.5) is 0 Å². The van der Waals surface area contributed by atoms with E-state index in [-0.39, 0.29) is 0 Å². The highest BCUT2D eigenvalue weighted by Crippen LogP contribution is 2.38. The Kier molecular flexibility index (Phi) is 5.26. The van der Waals surface area contributed by atoms with Crippen LogP contribution in [0.3, 0.4) is 0 Å². The second kappa shape index (κ2) is 8.01. The number of aromatic nitrogens is 3. The predicted octanol–water partition coefficient (Wildman–Crippen LogP) is 4.84. The van der Waals surface area contributed by atoms with Crippen LogP contribution in [0, 0.1) is 6.92 Å². The Morgan fingerprint density at radius 3 is 2.68 bits per heavy atom. The van der Waals surface area contributed by atoms with Crippen molar-refractivity contribution in [1.29, 1.82) is 0 Å². The summed E-state index contributed by atoms with van der Waals surface area (Å²) in [4.78, 5) is 3.98. The van der Waals surface area contributed by atoms with E-state index in [0.29, 0.717) is 5.92 Å². The van der Waals surface area contributed by atoms with Crippen LogP contribution in [-0.2, 0) is 13.0 Å². The second-order valence-corrected chi connectivity index (χ2v) is 9.76. The molecule has 5 rings (SSSR count). The first kappa shape index (κ1) is 18.4. The molecule has 2 aliphatic rings. The quantitative estimate of drug-likeness (QED) is 0.616. The van der Waals surface area contributed by atoms with E-state index in [2.05, 4.69) is 61.6 Å². The van der Waals surface area contributed by atoms with Crippen LogP contribution in [0.5, 0.6) is 0 Å². The summed E-state index contributed by atoms with van der Waals surface area (Å²) in [6, 6.07) is 8.97. The van der Waals surface area contributed by atoms with E-state index in [4.69, 9.17) is 0 Å². The van der Waals surface area contributed by atoms with Gasteiger partial charge in [0, 0.05) is 46.0 Å². The van der Waals surface area contributed by atoms with Gasteiger partial charge in [-0.3, -0.25) is 0 Å². The number of thioether (sulfide) groups is 1. The molecule has 4 nitrogen and oxygen atoms in total. The zero-order valence-electron chi connectivity index (χ0n) is 16.3. The number of aryl methyl sites for hydroxylation is 1.